The van der Waals surface area contributed by atoms with Crippen molar-refractivity contribution in [3.8, 4) is 0 Å². The van der Waals surface area contributed by atoms with E-state index in [1.165, 1.54) is 18.4 Å². The lowest BCUT2D eigenvalue weighted by molar-refractivity contribution is 0.214. The number of nitrogens with zero attached hydrogens (tertiary/aromatic N) is 2. The Labute approximate surface area is 185 Å². The van der Waals surface area contributed by atoms with E-state index in [1.54, 1.807) is 11.7 Å². The minimum atomic E-state index is -0.692. The van der Waals surface area contributed by atoms with Gasteiger partial charge in [-0.25, -0.2) is 4.98 Å². The highest BCUT2D eigenvalue weighted by Gasteiger charge is 2.37. The maximum absolute atomic E-state index is 11.3. The third-order valence-corrected chi connectivity index (χ3v) is 5.70. The van der Waals surface area contributed by atoms with E-state index in [0.717, 1.165) is 16.7 Å². The van der Waals surface area contributed by atoms with E-state index in [2.05, 4.69) is 51.9 Å². The molecule has 0 unspecified atom stereocenters. The van der Waals surface area contributed by atoms with E-state index in [1.807, 2.05) is 54.6 Å². The molecule has 0 bridgehead atoms. The summed E-state index contributed by atoms with van der Waals surface area (Å²) in [6, 6.07) is 30.7. The number of hydrogen-bond donors (Lipinski definition) is 1. The summed E-state index contributed by atoms with van der Waals surface area (Å²) >= 11 is 1.39. The summed E-state index contributed by atoms with van der Waals surface area (Å²) in [6.07, 6.45) is 1.78. The molecule has 0 aliphatic carbocycles. The van der Waals surface area contributed by atoms with E-state index >= 15 is 0 Å². The highest BCUT2D eigenvalue weighted by molar-refractivity contribution is 7.14. The Morgan fingerprint density at radius 2 is 1.39 bits per heavy atom. The number of anilines is 1. The minimum Gasteiger partial charge on any atom is -0.398 e. The summed E-state index contributed by atoms with van der Waals surface area (Å²) in [5, 5.41) is 9.78. The summed E-state index contributed by atoms with van der Waals surface area (Å²) in [4.78, 5) is 20.6. The van der Waals surface area contributed by atoms with Crippen LogP contribution in [0.25, 0.3) is 0 Å². The lowest BCUT2D eigenvalue weighted by atomic mass is 9.77. The van der Waals surface area contributed by atoms with Gasteiger partial charge in [0, 0.05) is 5.38 Å². The SMILES string of the molecule is CO/N=C(\[C]=O)c1csc(NC(c2ccccc2)(c2ccccc2)c2ccccc2)n1. The first-order valence-corrected chi connectivity index (χ1v) is 10.6. The third-order valence-electron chi connectivity index (χ3n) is 4.94. The monoisotopic (exact) mass is 426 g/mol. The first-order chi connectivity index (χ1) is 15.3. The molecule has 0 atom stereocenters. The van der Waals surface area contributed by atoms with Gasteiger partial charge in [-0.3, -0.25) is 4.79 Å². The van der Waals surface area contributed by atoms with Crippen molar-refractivity contribution < 1.29 is 9.63 Å². The van der Waals surface area contributed by atoms with Crippen LogP contribution < -0.4 is 5.32 Å². The van der Waals surface area contributed by atoms with Gasteiger partial charge in [-0.15, -0.1) is 11.3 Å². The summed E-state index contributed by atoms with van der Waals surface area (Å²) in [5.74, 6) is 0. The summed E-state index contributed by atoms with van der Waals surface area (Å²) < 4.78 is 0. The van der Waals surface area contributed by atoms with Crippen molar-refractivity contribution in [2.24, 2.45) is 5.16 Å². The number of oxime groups is 1. The molecule has 4 aromatic rings. The molecule has 0 spiro atoms. The van der Waals surface area contributed by atoms with Gasteiger partial charge >= 0.3 is 0 Å². The van der Waals surface area contributed by atoms with E-state index in [9.17, 15) is 4.79 Å². The standard InChI is InChI=1S/C25H20N3O2S/c1-30-28-22(17-29)23-18-31-24(26-23)27-25(19-11-5-2-6-12-19,20-13-7-3-8-14-20)21-15-9-4-10-16-21/h2-16,18H,1H3,(H,26,27)/b28-22+. The second kappa shape index (κ2) is 9.36. The Hall–Kier alpha value is -3.77. The molecular weight excluding hydrogens is 406 g/mol. The summed E-state index contributed by atoms with van der Waals surface area (Å²) in [6.45, 7) is 0. The van der Waals surface area contributed by atoms with Gasteiger partial charge in [0.05, 0.1) is 0 Å². The molecule has 0 saturated heterocycles. The predicted octanol–water partition coefficient (Wildman–Crippen LogP) is 5.01. The first-order valence-electron chi connectivity index (χ1n) is 9.68. The molecule has 0 aliphatic heterocycles. The van der Waals surface area contributed by atoms with Crippen LogP contribution in [0.3, 0.4) is 0 Å². The molecule has 0 amide bonds. The van der Waals surface area contributed by atoms with Crippen LogP contribution in [-0.2, 0) is 15.2 Å². The van der Waals surface area contributed by atoms with E-state index in [0.29, 0.717) is 10.8 Å². The van der Waals surface area contributed by atoms with Gasteiger partial charge < -0.3 is 10.2 Å². The third kappa shape index (κ3) is 4.11. The zero-order chi connectivity index (χ0) is 21.5. The Morgan fingerprint density at radius 3 is 1.81 bits per heavy atom. The topological polar surface area (TPSA) is 63.6 Å². The Morgan fingerprint density at radius 1 is 0.903 bits per heavy atom. The Kier molecular flexibility index (Phi) is 6.19. The average molecular weight is 427 g/mol. The molecule has 3 aromatic carbocycles. The highest BCUT2D eigenvalue weighted by atomic mass is 32.1. The van der Waals surface area contributed by atoms with Gasteiger partial charge in [0.15, 0.2) is 10.8 Å². The number of nitrogens with one attached hydrogen (secondary N) is 1. The molecule has 5 nitrogen and oxygen atoms in total. The van der Waals surface area contributed by atoms with Crippen molar-refractivity contribution in [3.63, 3.8) is 0 Å². The van der Waals surface area contributed by atoms with Crippen molar-refractivity contribution in [2.75, 3.05) is 12.4 Å². The summed E-state index contributed by atoms with van der Waals surface area (Å²) in [5.41, 5.74) is 2.94. The second-order valence-corrected chi connectivity index (χ2v) is 7.59. The quantitative estimate of drug-likeness (QED) is 0.244. The van der Waals surface area contributed by atoms with Crippen LogP contribution in [0.1, 0.15) is 22.4 Å². The van der Waals surface area contributed by atoms with E-state index in [-0.39, 0.29) is 5.71 Å². The van der Waals surface area contributed by atoms with Crippen LogP contribution in [-0.4, -0.2) is 24.1 Å². The minimum absolute atomic E-state index is 0.0246. The van der Waals surface area contributed by atoms with Gasteiger partial charge in [-0.1, -0.05) is 96.2 Å². The van der Waals surface area contributed by atoms with Crippen LogP contribution in [0.15, 0.2) is 102 Å². The lowest BCUT2D eigenvalue weighted by Crippen LogP contribution is -2.38. The molecule has 1 heterocycles. The van der Waals surface area contributed by atoms with Crippen LogP contribution in [0, 0.1) is 0 Å². The average Bonchev–Trinajstić information content (AvgIpc) is 3.31. The number of carbonyl (C=O) groups excluding carboxylic acids is 1. The predicted molar refractivity (Wildman–Crippen MR) is 124 cm³/mol. The van der Waals surface area contributed by atoms with Crippen LogP contribution in [0.5, 0.6) is 0 Å². The molecule has 6 heteroatoms. The van der Waals surface area contributed by atoms with E-state index in [4.69, 9.17) is 4.84 Å². The van der Waals surface area contributed by atoms with Gasteiger partial charge in [0.2, 0.25) is 0 Å². The molecule has 4 rings (SSSR count). The van der Waals surface area contributed by atoms with Gasteiger partial charge in [0.25, 0.3) is 6.29 Å². The fourth-order valence-corrected chi connectivity index (χ4v) is 4.34. The first kappa shape index (κ1) is 20.5. The van der Waals surface area contributed by atoms with Gasteiger partial charge in [-0.2, -0.15) is 0 Å². The van der Waals surface area contributed by atoms with E-state index < -0.39 is 5.54 Å². The maximum atomic E-state index is 11.3. The number of aromatic nitrogens is 1. The number of benzene rings is 3. The van der Waals surface area contributed by atoms with Crippen LogP contribution >= 0.6 is 11.3 Å². The zero-order valence-corrected chi connectivity index (χ0v) is 17.7. The molecule has 0 saturated carbocycles. The molecule has 1 N–H and O–H groups in total. The fourth-order valence-electron chi connectivity index (χ4n) is 3.59. The normalized spacial score (nSPS) is 11.7. The maximum Gasteiger partial charge on any atom is 0.259 e. The van der Waals surface area contributed by atoms with Crippen LogP contribution in [0.2, 0.25) is 0 Å². The Balaban J connectivity index is 1.90. The lowest BCUT2D eigenvalue weighted by Gasteiger charge is -2.36. The molecule has 31 heavy (non-hydrogen) atoms. The number of rotatable bonds is 8. The molecule has 153 valence electrons. The van der Waals surface area contributed by atoms with Crippen LogP contribution in [0.4, 0.5) is 5.13 Å². The van der Waals surface area contributed by atoms with Crippen molar-refractivity contribution in [1.82, 2.24) is 4.98 Å². The molecule has 1 radical (unpaired) electrons. The molecule has 1 aromatic heterocycles. The smallest absolute Gasteiger partial charge is 0.259 e. The van der Waals surface area contributed by atoms with Gasteiger partial charge in [-0.05, 0) is 16.7 Å². The number of thiazole rings is 1. The largest absolute Gasteiger partial charge is 0.398 e. The van der Waals surface area contributed by atoms with Gasteiger partial charge in [0.1, 0.15) is 18.3 Å². The fraction of sp³-hybridized carbons (Fsp3) is 0.0800. The molecule has 0 aliphatic rings. The number of hydrogen-bond acceptors (Lipinski definition) is 6. The van der Waals surface area contributed by atoms with Crippen molar-refractivity contribution in [3.05, 3.63) is 119 Å². The van der Waals surface area contributed by atoms with Crippen molar-refractivity contribution >= 4 is 28.5 Å². The molecule has 0 fully saturated rings. The summed E-state index contributed by atoms with van der Waals surface area (Å²) in [7, 11) is 1.38. The van der Waals surface area contributed by atoms with Crippen molar-refractivity contribution in [2.45, 2.75) is 5.54 Å². The highest BCUT2D eigenvalue weighted by Crippen LogP contribution is 2.40. The zero-order valence-electron chi connectivity index (χ0n) is 16.9. The molecular formula is C25H20N3O2S. The second-order valence-electron chi connectivity index (χ2n) is 6.74. The Bertz CT molecular complexity index is 1060. The van der Waals surface area contributed by atoms with Crippen molar-refractivity contribution in [1.29, 1.82) is 0 Å².